The second-order valence-electron chi connectivity index (χ2n) is 5.44. The van der Waals surface area contributed by atoms with Crippen molar-refractivity contribution in [2.45, 2.75) is 45.2 Å². The Morgan fingerprint density at radius 1 is 1.37 bits per heavy atom. The summed E-state index contributed by atoms with van der Waals surface area (Å²) in [6.45, 7) is 5.91. The van der Waals surface area contributed by atoms with Gasteiger partial charge in [-0.15, -0.1) is 0 Å². The standard InChI is InChI=1S/C15H23N3O/c1-12-10-18(11-13(2)17-12)15(19)8-5-7-14-6-3-4-9-16-14/h3-4,6,9,12-13,17H,5,7-8,10-11H2,1-2H3/t12-,13+. The minimum atomic E-state index is 0.274. The minimum absolute atomic E-state index is 0.274. The zero-order valence-corrected chi connectivity index (χ0v) is 11.8. The minimum Gasteiger partial charge on any atom is -0.340 e. The van der Waals surface area contributed by atoms with E-state index in [1.54, 1.807) is 6.20 Å². The molecule has 0 spiro atoms. The first kappa shape index (κ1) is 14.0. The maximum absolute atomic E-state index is 12.2. The third-order valence-corrected chi connectivity index (χ3v) is 3.46. The molecule has 1 amide bonds. The highest BCUT2D eigenvalue weighted by molar-refractivity contribution is 5.76. The van der Waals surface area contributed by atoms with Gasteiger partial charge in [0.2, 0.25) is 5.91 Å². The number of nitrogens with zero attached hydrogens (tertiary/aromatic N) is 2. The van der Waals surface area contributed by atoms with Crippen LogP contribution >= 0.6 is 0 Å². The maximum Gasteiger partial charge on any atom is 0.222 e. The van der Waals surface area contributed by atoms with Gasteiger partial charge in [-0.1, -0.05) is 6.07 Å². The highest BCUT2D eigenvalue weighted by atomic mass is 16.2. The van der Waals surface area contributed by atoms with Crippen molar-refractivity contribution >= 4 is 5.91 Å². The molecule has 1 N–H and O–H groups in total. The van der Waals surface area contributed by atoms with Gasteiger partial charge in [-0.25, -0.2) is 0 Å². The summed E-state index contributed by atoms with van der Waals surface area (Å²) >= 11 is 0. The molecule has 2 rings (SSSR count). The fourth-order valence-electron chi connectivity index (χ4n) is 2.66. The van der Waals surface area contributed by atoms with Crippen molar-refractivity contribution in [1.82, 2.24) is 15.2 Å². The molecule has 1 fully saturated rings. The van der Waals surface area contributed by atoms with Gasteiger partial charge in [-0.05, 0) is 38.8 Å². The monoisotopic (exact) mass is 261 g/mol. The molecule has 19 heavy (non-hydrogen) atoms. The Morgan fingerprint density at radius 2 is 2.11 bits per heavy atom. The van der Waals surface area contributed by atoms with Crippen LogP contribution in [-0.4, -0.2) is 41.0 Å². The van der Waals surface area contributed by atoms with Crippen molar-refractivity contribution in [3.05, 3.63) is 30.1 Å². The summed E-state index contributed by atoms with van der Waals surface area (Å²) in [4.78, 5) is 18.4. The predicted octanol–water partition coefficient (Wildman–Crippen LogP) is 1.61. The Balaban J connectivity index is 1.75. The van der Waals surface area contributed by atoms with E-state index in [2.05, 4.69) is 24.1 Å². The van der Waals surface area contributed by atoms with E-state index in [1.807, 2.05) is 23.1 Å². The van der Waals surface area contributed by atoms with Crippen LogP contribution in [0.4, 0.5) is 0 Å². The van der Waals surface area contributed by atoms with Gasteiger partial charge in [0.1, 0.15) is 0 Å². The van der Waals surface area contributed by atoms with Gasteiger partial charge in [0.05, 0.1) is 0 Å². The first-order valence-electron chi connectivity index (χ1n) is 7.09. The summed E-state index contributed by atoms with van der Waals surface area (Å²) in [5.41, 5.74) is 1.07. The molecule has 2 heterocycles. The molecule has 0 unspecified atom stereocenters. The number of hydrogen-bond donors (Lipinski definition) is 1. The van der Waals surface area contributed by atoms with Crippen LogP contribution < -0.4 is 5.32 Å². The van der Waals surface area contributed by atoms with Gasteiger partial charge >= 0.3 is 0 Å². The van der Waals surface area contributed by atoms with E-state index in [4.69, 9.17) is 0 Å². The summed E-state index contributed by atoms with van der Waals surface area (Å²) in [5.74, 6) is 0.274. The summed E-state index contributed by atoms with van der Waals surface area (Å²) in [5, 5.41) is 3.44. The zero-order chi connectivity index (χ0) is 13.7. The smallest absolute Gasteiger partial charge is 0.222 e. The number of piperazine rings is 1. The van der Waals surface area contributed by atoms with Crippen LogP contribution in [-0.2, 0) is 11.2 Å². The summed E-state index contributed by atoms with van der Waals surface area (Å²) in [6, 6.07) is 6.70. The van der Waals surface area contributed by atoms with Crippen LogP contribution in [0.5, 0.6) is 0 Å². The van der Waals surface area contributed by atoms with Crippen molar-refractivity contribution in [2.24, 2.45) is 0 Å². The third-order valence-electron chi connectivity index (χ3n) is 3.46. The topological polar surface area (TPSA) is 45.2 Å². The number of nitrogens with one attached hydrogen (secondary N) is 1. The van der Waals surface area contributed by atoms with Crippen molar-refractivity contribution in [2.75, 3.05) is 13.1 Å². The van der Waals surface area contributed by atoms with Crippen LogP contribution in [0.15, 0.2) is 24.4 Å². The fourth-order valence-corrected chi connectivity index (χ4v) is 2.66. The van der Waals surface area contributed by atoms with E-state index in [9.17, 15) is 4.79 Å². The number of pyridine rings is 1. The quantitative estimate of drug-likeness (QED) is 0.895. The molecule has 4 heteroatoms. The molecule has 1 aromatic heterocycles. The Bertz CT molecular complexity index is 397. The SMILES string of the molecule is C[C@@H]1CN(C(=O)CCCc2ccccn2)C[C@H](C)N1. The summed E-state index contributed by atoms with van der Waals surface area (Å²) < 4.78 is 0. The van der Waals surface area contributed by atoms with Crippen molar-refractivity contribution in [1.29, 1.82) is 0 Å². The molecule has 104 valence electrons. The molecule has 2 atom stereocenters. The molecule has 1 aliphatic rings. The first-order chi connectivity index (χ1) is 9.15. The number of rotatable bonds is 4. The normalized spacial score (nSPS) is 23.4. The predicted molar refractivity (Wildman–Crippen MR) is 75.8 cm³/mol. The van der Waals surface area contributed by atoms with Crippen LogP contribution in [0.2, 0.25) is 0 Å². The molecular weight excluding hydrogens is 238 g/mol. The molecule has 0 bridgehead atoms. The molecule has 0 aliphatic carbocycles. The second kappa shape index (κ2) is 6.66. The molecular formula is C15H23N3O. The number of amides is 1. The average molecular weight is 261 g/mol. The number of aromatic nitrogens is 1. The van der Waals surface area contributed by atoms with Crippen molar-refractivity contribution < 1.29 is 4.79 Å². The van der Waals surface area contributed by atoms with E-state index in [-0.39, 0.29) is 5.91 Å². The molecule has 1 saturated heterocycles. The molecule has 0 radical (unpaired) electrons. The summed E-state index contributed by atoms with van der Waals surface area (Å²) in [7, 11) is 0. The van der Waals surface area contributed by atoms with E-state index in [1.165, 1.54) is 0 Å². The highest BCUT2D eigenvalue weighted by Gasteiger charge is 2.24. The van der Waals surface area contributed by atoms with E-state index in [0.29, 0.717) is 18.5 Å². The third kappa shape index (κ3) is 4.31. The Kier molecular flexibility index (Phi) is 4.91. The van der Waals surface area contributed by atoms with Crippen LogP contribution in [0.25, 0.3) is 0 Å². The van der Waals surface area contributed by atoms with Crippen molar-refractivity contribution in [3.8, 4) is 0 Å². The number of carbonyl (C=O) groups excluding carboxylic acids is 1. The van der Waals surface area contributed by atoms with Gasteiger partial charge in [0, 0.05) is 43.5 Å². The van der Waals surface area contributed by atoms with Gasteiger partial charge in [-0.2, -0.15) is 0 Å². The zero-order valence-electron chi connectivity index (χ0n) is 11.8. The average Bonchev–Trinajstić information content (AvgIpc) is 2.38. The number of hydrogen-bond acceptors (Lipinski definition) is 3. The molecule has 0 aromatic carbocycles. The second-order valence-corrected chi connectivity index (χ2v) is 5.44. The van der Waals surface area contributed by atoms with Crippen molar-refractivity contribution in [3.63, 3.8) is 0 Å². The van der Waals surface area contributed by atoms with Gasteiger partial charge < -0.3 is 10.2 Å². The number of carbonyl (C=O) groups is 1. The molecule has 4 nitrogen and oxygen atoms in total. The van der Waals surface area contributed by atoms with Crippen LogP contribution in [0.3, 0.4) is 0 Å². The molecule has 1 aliphatic heterocycles. The van der Waals surface area contributed by atoms with Gasteiger partial charge in [0.25, 0.3) is 0 Å². The van der Waals surface area contributed by atoms with E-state index < -0.39 is 0 Å². The Hall–Kier alpha value is -1.42. The van der Waals surface area contributed by atoms with Gasteiger partial charge in [0.15, 0.2) is 0 Å². The van der Waals surface area contributed by atoms with Crippen LogP contribution in [0, 0.1) is 0 Å². The van der Waals surface area contributed by atoms with E-state index >= 15 is 0 Å². The lowest BCUT2D eigenvalue weighted by atomic mass is 10.1. The summed E-state index contributed by atoms with van der Waals surface area (Å²) in [6.07, 6.45) is 4.18. The van der Waals surface area contributed by atoms with Gasteiger partial charge in [-0.3, -0.25) is 9.78 Å². The molecule has 1 aromatic rings. The number of aryl methyl sites for hydroxylation is 1. The Morgan fingerprint density at radius 3 is 2.74 bits per heavy atom. The lowest BCUT2D eigenvalue weighted by Crippen LogP contribution is -2.55. The van der Waals surface area contributed by atoms with E-state index in [0.717, 1.165) is 31.6 Å². The fraction of sp³-hybridized carbons (Fsp3) is 0.600. The van der Waals surface area contributed by atoms with Crippen LogP contribution in [0.1, 0.15) is 32.4 Å². The molecule has 0 saturated carbocycles. The largest absolute Gasteiger partial charge is 0.340 e. The first-order valence-corrected chi connectivity index (χ1v) is 7.09. The highest BCUT2D eigenvalue weighted by Crippen LogP contribution is 2.09. The lowest BCUT2D eigenvalue weighted by Gasteiger charge is -2.36. The maximum atomic E-state index is 12.2. The lowest BCUT2D eigenvalue weighted by molar-refractivity contribution is -0.133. The Labute approximate surface area is 115 Å².